The molecule has 3 heteroatoms. The van der Waals surface area contributed by atoms with Crippen molar-refractivity contribution < 1.29 is 4.74 Å². The molecular weight excluding hydrogens is 266 g/mol. The van der Waals surface area contributed by atoms with Crippen molar-refractivity contribution >= 4 is 15.9 Å². The van der Waals surface area contributed by atoms with Gasteiger partial charge in [-0.05, 0) is 46.5 Å². The molecule has 0 aliphatic carbocycles. The maximum atomic E-state index is 5.20. The molecule has 0 amide bonds. The highest BCUT2D eigenvalue weighted by Gasteiger charge is 2.04. The molecular formula is C13H20BrNO. The van der Waals surface area contributed by atoms with Crippen LogP contribution in [-0.2, 0) is 6.54 Å². The molecule has 16 heavy (non-hydrogen) atoms. The molecule has 1 N–H and O–H groups in total. The summed E-state index contributed by atoms with van der Waals surface area (Å²) in [4.78, 5) is 0. The van der Waals surface area contributed by atoms with Gasteiger partial charge in [0.25, 0.3) is 0 Å². The average molecular weight is 286 g/mol. The number of halogens is 1. The third-order valence-electron chi connectivity index (χ3n) is 2.80. The Morgan fingerprint density at radius 1 is 1.31 bits per heavy atom. The van der Waals surface area contributed by atoms with Gasteiger partial charge in [0, 0.05) is 12.6 Å². The van der Waals surface area contributed by atoms with E-state index in [4.69, 9.17) is 4.74 Å². The van der Waals surface area contributed by atoms with E-state index in [2.05, 4.69) is 47.2 Å². The van der Waals surface area contributed by atoms with Gasteiger partial charge in [-0.3, -0.25) is 0 Å². The van der Waals surface area contributed by atoms with Gasteiger partial charge in [-0.25, -0.2) is 0 Å². The summed E-state index contributed by atoms with van der Waals surface area (Å²) >= 11 is 3.50. The van der Waals surface area contributed by atoms with E-state index in [1.165, 1.54) is 18.4 Å². The maximum absolute atomic E-state index is 5.20. The van der Waals surface area contributed by atoms with E-state index in [-0.39, 0.29) is 0 Å². The van der Waals surface area contributed by atoms with Gasteiger partial charge >= 0.3 is 0 Å². The second-order valence-electron chi connectivity index (χ2n) is 3.86. The molecule has 0 aromatic heterocycles. The highest BCUT2D eigenvalue weighted by Crippen LogP contribution is 2.25. The molecule has 0 aliphatic heterocycles. The van der Waals surface area contributed by atoms with E-state index in [0.29, 0.717) is 6.04 Å². The summed E-state index contributed by atoms with van der Waals surface area (Å²) in [5.74, 6) is 0.881. The zero-order valence-electron chi connectivity index (χ0n) is 10.2. The minimum atomic E-state index is 0.612. The summed E-state index contributed by atoms with van der Waals surface area (Å²) in [5.41, 5.74) is 1.28. The summed E-state index contributed by atoms with van der Waals surface area (Å²) < 4.78 is 6.21. The second-order valence-corrected chi connectivity index (χ2v) is 4.72. The van der Waals surface area contributed by atoms with Gasteiger partial charge in [-0.15, -0.1) is 0 Å². The Kier molecular flexibility index (Phi) is 5.85. The van der Waals surface area contributed by atoms with Crippen LogP contribution in [0.4, 0.5) is 0 Å². The predicted octanol–water partition coefficient (Wildman–Crippen LogP) is 3.74. The predicted molar refractivity (Wildman–Crippen MR) is 71.9 cm³/mol. The number of hydrogen-bond donors (Lipinski definition) is 1. The molecule has 0 bridgehead atoms. The number of rotatable bonds is 6. The molecule has 0 radical (unpaired) electrons. The molecule has 1 aromatic rings. The standard InChI is InChI=1S/C13H20BrNO/c1-4-11(5-2)15-9-10-6-7-13(16-3)12(14)8-10/h6-8,11,15H,4-5,9H2,1-3H3. The molecule has 0 heterocycles. The first-order chi connectivity index (χ1) is 7.71. The van der Waals surface area contributed by atoms with Gasteiger partial charge in [0.05, 0.1) is 11.6 Å². The van der Waals surface area contributed by atoms with E-state index < -0.39 is 0 Å². The van der Waals surface area contributed by atoms with E-state index in [0.717, 1.165) is 16.8 Å². The van der Waals surface area contributed by atoms with Crippen molar-refractivity contribution in [2.75, 3.05) is 7.11 Å². The number of nitrogens with one attached hydrogen (secondary N) is 1. The van der Waals surface area contributed by atoms with Crippen molar-refractivity contribution in [3.05, 3.63) is 28.2 Å². The lowest BCUT2D eigenvalue weighted by molar-refractivity contribution is 0.411. The Morgan fingerprint density at radius 3 is 2.50 bits per heavy atom. The zero-order valence-corrected chi connectivity index (χ0v) is 11.8. The first kappa shape index (κ1) is 13.5. The van der Waals surface area contributed by atoms with E-state index in [9.17, 15) is 0 Å². The molecule has 1 aromatic carbocycles. The lowest BCUT2D eigenvalue weighted by Crippen LogP contribution is -2.26. The van der Waals surface area contributed by atoms with Crippen LogP contribution in [0.1, 0.15) is 32.3 Å². The summed E-state index contributed by atoms with van der Waals surface area (Å²) in [6.07, 6.45) is 2.35. The molecule has 90 valence electrons. The molecule has 2 nitrogen and oxygen atoms in total. The van der Waals surface area contributed by atoms with Crippen LogP contribution in [0.2, 0.25) is 0 Å². The molecule has 0 spiro atoms. The monoisotopic (exact) mass is 285 g/mol. The van der Waals surface area contributed by atoms with Crippen LogP contribution in [0.5, 0.6) is 5.75 Å². The van der Waals surface area contributed by atoms with Crippen LogP contribution in [0.3, 0.4) is 0 Å². The molecule has 0 aliphatic rings. The average Bonchev–Trinajstić information content (AvgIpc) is 2.30. The van der Waals surface area contributed by atoms with Gasteiger partial charge < -0.3 is 10.1 Å². The Bertz CT molecular complexity index is 324. The second kappa shape index (κ2) is 6.92. The number of hydrogen-bond acceptors (Lipinski definition) is 2. The van der Waals surface area contributed by atoms with Crippen LogP contribution >= 0.6 is 15.9 Å². The normalized spacial score (nSPS) is 10.8. The first-order valence-corrected chi connectivity index (χ1v) is 6.56. The van der Waals surface area contributed by atoms with Crippen molar-refractivity contribution in [3.8, 4) is 5.75 Å². The number of methoxy groups -OCH3 is 1. The summed E-state index contributed by atoms with van der Waals surface area (Å²) in [6, 6.07) is 6.81. The fourth-order valence-electron chi connectivity index (χ4n) is 1.66. The van der Waals surface area contributed by atoms with Crippen molar-refractivity contribution in [2.45, 2.75) is 39.3 Å². The van der Waals surface area contributed by atoms with Crippen molar-refractivity contribution in [2.24, 2.45) is 0 Å². The maximum Gasteiger partial charge on any atom is 0.133 e. The van der Waals surface area contributed by atoms with Gasteiger partial charge in [-0.1, -0.05) is 19.9 Å². The highest BCUT2D eigenvalue weighted by atomic mass is 79.9. The fraction of sp³-hybridized carbons (Fsp3) is 0.538. The van der Waals surface area contributed by atoms with E-state index in [1.54, 1.807) is 7.11 Å². The number of ether oxygens (including phenoxy) is 1. The van der Waals surface area contributed by atoms with Gasteiger partial charge in [-0.2, -0.15) is 0 Å². The molecule has 0 saturated heterocycles. The summed E-state index contributed by atoms with van der Waals surface area (Å²) in [6.45, 7) is 5.34. The lowest BCUT2D eigenvalue weighted by atomic mass is 10.1. The smallest absolute Gasteiger partial charge is 0.133 e. The third-order valence-corrected chi connectivity index (χ3v) is 3.42. The Hall–Kier alpha value is -0.540. The molecule has 0 fully saturated rings. The topological polar surface area (TPSA) is 21.3 Å². The molecule has 0 unspecified atom stereocenters. The SMILES string of the molecule is CCC(CC)NCc1ccc(OC)c(Br)c1. The van der Waals surface area contributed by atoms with Gasteiger partial charge in [0.1, 0.15) is 5.75 Å². The quantitative estimate of drug-likeness (QED) is 0.860. The van der Waals surface area contributed by atoms with E-state index >= 15 is 0 Å². The minimum Gasteiger partial charge on any atom is -0.496 e. The Balaban J connectivity index is 2.58. The molecule has 0 atom stereocenters. The Labute approximate surface area is 107 Å². The minimum absolute atomic E-state index is 0.612. The van der Waals surface area contributed by atoms with Crippen LogP contribution in [-0.4, -0.2) is 13.2 Å². The largest absolute Gasteiger partial charge is 0.496 e. The van der Waals surface area contributed by atoms with Crippen LogP contribution in [0.15, 0.2) is 22.7 Å². The highest BCUT2D eigenvalue weighted by molar-refractivity contribution is 9.10. The molecule has 0 saturated carbocycles. The first-order valence-electron chi connectivity index (χ1n) is 5.77. The summed E-state index contributed by atoms with van der Waals surface area (Å²) in [5, 5.41) is 3.54. The zero-order chi connectivity index (χ0) is 12.0. The van der Waals surface area contributed by atoms with Crippen LogP contribution < -0.4 is 10.1 Å². The van der Waals surface area contributed by atoms with Gasteiger partial charge in [0.15, 0.2) is 0 Å². The third kappa shape index (κ3) is 3.80. The van der Waals surface area contributed by atoms with E-state index in [1.807, 2.05) is 6.07 Å². The lowest BCUT2D eigenvalue weighted by Gasteiger charge is -2.15. The van der Waals surface area contributed by atoms with Crippen LogP contribution in [0, 0.1) is 0 Å². The summed E-state index contributed by atoms with van der Waals surface area (Å²) in [7, 11) is 1.68. The van der Waals surface area contributed by atoms with Crippen molar-refractivity contribution in [1.29, 1.82) is 0 Å². The van der Waals surface area contributed by atoms with Crippen molar-refractivity contribution in [3.63, 3.8) is 0 Å². The number of benzene rings is 1. The fourth-order valence-corrected chi connectivity index (χ4v) is 2.25. The van der Waals surface area contributed by atoms with Crippen LogP contribution in [0.25, 0.3) is 0 Å². The van der Waals surface area contributed by atoms with Gasteiger partial charge in [0.2, 0.25) is 0 Å². The molecule has 1 rings (SSSR count). The Morgan fingerprint density at radius 2 is 2.00 bits per heavy atom. The van der Waals surface area contributed by atoms with Crippen molar-refractivity contribution in [1.82, 2.24) is 5.32 Å².